The van der Waals surface area contributed by atoms with Gasteiger partial charge in [-0.1, -0.05) is 43.8 Å². The van der Waals surface area contributed by atoms with Gasteiger partial charge in [-0.25, -0.2) is 0 Å². The Morgan fingerprint density at radius 2 is 2.08 bits per heavy atom. The monoisotopic (exact) mass is 177 g/mol. The zero-order valence-electron chi connectivity index (χ0n) is 8.38. The fourth-order valence-corrected chi connectivity index (χ4v) is 1.34. The summed E-state index contributed by atoms with van der Waals surface area (Å²) in [5, 5.41) is 3.09. The maximum absolute atomic E-state index is 3.96. The van der Waals surface area contributed by atoms with E-state index >= 15 is 0 Å². The molecule has 0 aromatic heterocycles. The first-order chi connectivity index (χ1) is 6.24. The van der Waals surface area contributed by atoms with Crippen LogP contribution in [0, 0.1) is 5.92 Å². The predicted octanol–water partition coefficient (Wildman–Crippen LogP) is 2.84. The molecule has 0 aliphatic carbocycles. The highest BCUT2D eigenvalue weighted by atomic mass is 14.8. The Bertz CT molecular complexity index is 269. The summed E-state index contributed by atoms with van der Waals surface area (Å²) in [5.41, 5.74) is 2.47. The summed E-state index contributed by atoms with van der Waals surface area (Å²) in [6, 6.07) is 10.5. The smallest absolute Gasteiger partial charge is 0.00631 e. The van der Waals surface area contributed by atoms with Gasteiger partial charge in [-0.15, -0.1) is 0 Å². The van der Waals surface area contributed by atoms with Crippen molar-refractivity contribution in [3.8, 4) is 0 Å². The molecule has 1 aromatic carbocycles. The molecule has 0 saturated carbocycles. The average Bonchev–Trinajstić information content (AvgIpc) is 2.18. The van der Waals surface area contributed by atoms with Crippen molar-refractivity contribution in [2.75, 3.05) is 7.05 Å². The van der Waals surface area contributed by atoms with Crippen molar-refractivity contribution in [2.24, 2.45) is 5.92 Å². The first-order valence-corrected chi connectivity index (χ1v) is 4.64. The van der Waals surface area contributed by atoms with Crippen molar-refractivity contribution in [3.05, 3.63) is 48.2 Å². The molecule has 0 aliphatic heterocycles. The predicted molar refractivity (Wildman–Crippen MR) is 59.6 cm³/mol. The molecule has 0 amide bonds. The second-order valence-electron chi connectivity index (χ2n) is 3.37. The zero-order chi connectivity index (χ0) is 9.68. The summed E-state index contributed by atoms with van der Waals surface area (Å²) in [6.45, 7) is 6.14. The maximum atomic E-state index is 3.96. The molecule has 0 saturated heterocycles. The van der Waals surface area contributed by atoms with E-state index in [0.717, 1.165) is 12.1 Å². The van der Waals surface area contributed by atoms with E-state index in [1.807, 2.05) is 13.1 Å². The third-order valence-corrected chi connectivity index (χ3v) is 2.30. The molecular formula is C12H19N. The molecule has 72 valence electrons. The molecule has 1 heteroatoms. The van der Waals surface area contributed by atoms with Crippen LogP contribution in [0.5, 0.6) is 0 Å². The number of hydrogen-bond acceptors (Lipinski definition) is 1. The lowest BCUT2D eigenvalue weighted by Gasteiger charge is -2.13. The standard InChI is InChI=1S/C12H17N.H2/c1-10(11(2)13-3)9-12-7-5-4-6-8-12;/h4-8,10,13H,2,9H2,1,3H3;1H. The number of benzene rings is 1. The Balaban J connectivity index is 0.00000169. The molecule has 1 rings (SSSR count). The van der Waals surface area contributed by atoms with Gasteiger partial charge >= 0.3 is 0 Å². The van der Waals surface area contributed by atoms with E-state index in [0.29, 0.717) is 5.92 Å². The molecule has 1 atom stereocenters. The van der Waals surface area contributed by atoms with Gasteiger partial charge in [-0.05, 0) is 17.9 Å². The van der Waals surface area contributed by atoms with Gasteiger partial charge in [-0.3, -0.25) is 0 Å². The van der Waals surface area contributed by atoms with E-state index in [1.54, 1.807) is 0 Å². The van der Waals surface area contributed by atoms with Gasteiger partial charge < -0.3 is 5.32 Å². The fourth-order valence-electron chi connectivity index (χ4n) is 1.34. The van der Waals surface area contributed by atoms with Crippen LogP contribution in [0.3, 0.4) is 0 Å². The van der Waals surface area contributed by atoms with E-state index < -0.39 is 0 Å². The van der Waals surface area contributed by atoms with E-state index in [4.69, 9.17) is 0 Å². The highest BCUT2D eigenvalue weighted by Gasteiger charge is 2.05. The van der Waals surface area contributed by atoms with Gasteiger partial charge in [0.1, 0.15) is 0 Å². The second kappa shape index (κ2) is 4.70. The van der Waals surface area contributed by atoms with Crippen LogP contribution in [0.2, 0.25) is 0 Å². The van der Waals surface area contributed by atoms with Crippen molar-refractivity contribution >= 4 is 0 Å². The minimum absolute atomic E-state index is 0. The van der Waals surface area contributed by atoms with Crippen LogP contribution in [0.4, 0.5) is 0 Å². The molecule has 1 aromatic rings. The van der Waals surface area contributed by atoms with Gasteiger partial charge in [0.05, 0.1) is 0 Å². The average molecular weight is 177 g/mol. The molecular weight excluding hydrogens is 158 g/mol. The largest absolute Gasteiger partial charge is 0.392 e. The second-order valence-corrected chi connectivity index (χ2v) is 3.37. The minimum atomic E-state index is 0. The van der Waals surface area contributed by atoms with Crippen LogP contribution in [0.25, 0.3) is 0 Å². The normalized spacial score (nSPS) is 12.2. The van der Waals surface area contributed by atoms with E-state index in [1.165, 1.54) is 5.56 Å². The van der Waals surface area contributed by atoms with Crippen LogP contribution in [0.1, 0.15) is 13.9 Å². The third kappa shape index (κ3) is 2.94. The highest BCUT2D eigenvalue weighted by molar-refractivity contribution is 5.17. The van der Waals surface area contributed by atoms with Crippen LogP contribution < -0.4 is 5.32 Å². The lowest BCUT2D eigenvalue weighted by atomic mass is 9.99. The van der Waals surface area contributed by atoms with E-state index in [9.17, 15) is 0 Å². The maximum Gasteiger partial charge on any atom is 0.00631 e. The number of hydrogen-bond donors (Lipinski definition) is 1. The highest BCUT2D eigenvalue weighted by Crippen LogP contribution is 2.12. The SMILES string of the molecule is C=C(NC)C(C)Cc1ccccc1.[HH]. The molecule has 1 N–H and O–H groups in total. The first-order valence-electron chi connectivity index (χ1n) is 4.64. The molecule has 0 fully saturated rings. The molecule has 1 unspecified atom stereocenters. The van der Waals surface area contributed by atoms with Gasteiger partial charge in [0, 0.05) is 14.2 Å². The quantitative estimate of drug-likeness (QED) is 0.745. The Kier molecular flexibility index (Phi) is 3.56. The molecule has 0 heterocycles. The Labute approximate surface area is 82.0 Å². The first kappa shape index (κ1) is 9.85. The summed E-state index contributed by atoms with van der Waals surface area (Å²) < 4.78 is 0. The minimum Gasteiger partial charge on any atom is -0.392 e. The summed E-state index contributed by atoms with van der Waals surface area (Å²) in [7, 11) is 1.92. The molecule has 1 nitrogen and oxygen atoms in total. The summed E-state index contributed by atoms with van der Waals surface area (Å²) in [5.74, 6) is 0.493. The zero-order valence-corrected chi connectivity index (χ0v) is 8.38. The van der Waals surface area contributed by atoms with E-state index in [-0.39, 0.29) is 1.43 Å². The lowest BCUT2D eigenvalue weighted by Crippen LogP contribution is -2.14. The molecule has 0 spiro atoms. The number of nitrogens with one attached hydrogen (secondary N) is 1. The van der Waals surface area contributed by atoms with Gasteiger partial charge in [0.15, 0.2) is 0 Å². The summed E-state index contributed by atoms with van der Waals surface area (Å²) >= 11 is 0. The van der Waals surface area contributed by atoms with Crippen molar-refractivity contribution in [2.45, 2.75) is 13.3 Å². The number of allylic oxidation sites excluding steroid dienone is 1. The number of rotatable bonds is 4. The topological polar surface area (TPSA) is 12.0 Å². The lowest BCUT2D eigenvalue weighted by molar-refractivity contribution is 0.633. The van der Waals surface area contributed by atoms with Gasteiger partial charge in [0.25, 0.3) is 0 Å². The van der Waals surface area contributed by atoms with Crippen LogP contribution in [-0.4, -0.2) is 7.05 Å². The third-order valence-electron chi connectivity index (χ3n) is 2.30. The summed E-state index contributed by atoms with van der Waals surface area (Å²) in [4.78, 5) is 0. The van der Waals surface area contributed by atoms with Crippen molar-refractivity contribution in [3.63, 3.8) is 0 Å². The molecule has 0 bridgehead atoms. The molecule has 0 aliphatic rings. The van der Waals surface area contributed by atoms with Crippen LogP contribution in [0.15, 0.2) is 42.6 Å². The molecule has 0 radical (unpaired) electrons. The van der Waals surface area contributed by atoms with Gasteiger partial charge in [-0.2, -0.15) is 0 Å². The van der Waals surface area contributed by atoms with Crippen molar-refractivity contribution < 1.29 is 1.43 Å². The van der Waals surface area contributed by atoms with Gasteiger partial charge in [0.2, 0.25) is 0 Å². The van der Waals surface area contributed by atoms with Crippen LogP contribution >= 0.6 is 0 Å². The fraction of sp³-hybridized carbons (Fsp3) is 0.333. The Morgan fingerprint density at radius 1 is 1.46 bits per heavy atom. The van der Waals surface area contributed by atoms with Crippen molar-refractivity contribution in [1.82, 2.24) is 5.32 Å². The van der Waals surface area contributed by atoms with Crippen molar-refractivity contribution in [1.29, 1.82) is 0 Å². The molecule has 13 heavy (non-hydrogen) atoms. The van der Waals surface area contributed by atoms with E-state index in [2.05, 4.69) is 43.1 Å². The van der Waals surface area contributed by atoms with Crippen LogP contribution in [-0.2, 0) is 6.42 Å². The Morgan fingerprint density at radius 3 is 2.62 bits per heavy atom. The summed E-state index contributed by atoms with van der Waals surface area (Å²) in [6.07, 6.45) is 1.06. The Hall–Kier alpha value is -1.24.